The van der Waals surface area contributed by atoms with Crippen LogP contribution in [0, 0.1) is 6.92 Å². The lowest BCUT2D eigenvalue weighted by atomic mass is 10.2. The molecule has 0 radical (unpaired) electrons. The molecule has 0 aliphatic carbocycles. The maximum Gasteiger partial charge on any atom is 0.258 e. The molecule has 1 N–H and O–H groups in total. The van der Waals surface area contributed by atoms with Gasteiger partial charge in [-0.1, -0.05) is 5.16 Å². The molecular weight excluding hydrogens is 301 g/mol. The highest BCUT2D eigenvalue weighted by atomic mass is 35.5. The minimum absolute atomic E-state index is 0. The van der Waals surface area contributed by atoms with Crippen LogP contribution in [0.3, 0.4) is 0 Å². The van der Waals surface area contributed by atoms with Gasteiger partial charge >= 0.3 is 0 Å². The van der Waals surface area contributed by atoms with E-state index >= 15 is 0 Å². The van der Waals surface area contributed by atoms with Gasteiger partial charge in [0.2, 0.25) is 0 Å². The van der Waals surface area contributed by atoms with E-state index in [0.717, 1.165) is 37.6 Å². The molecule has 0 spiro atoms. The summed E-state index contributed by atoms with van der Waals surface area (Å²) in [6.45, 7) is 5.74. The fourth-order valence-corrected chi connectivity index (χ4v) is 2.03. The van der Waals surface area contributed by atoms with E-state index in [1.807, 2.05) is 19.1 Å². The van der Waals surface area contributed by atoms with Gasteiger partial charge in [0.05, 0.1) is 0 Å². The van der Waals surface area contributed by atoms with Crippen LogP contribution in [0.1, 0.15) is 5.82 Å². The number of pyridine rings is 1. The van der Waals surface area contributed by atoms with Crippen molar-refractivity contribution in [1.82, 2.24) is 20.4 Å². The van der Waals surface area contributed by atoms with Gasteiger partial charge in [0.25, 0.3) is 5.89 Å². The Labute approximate surface area is 129 Å². The van der Waals surface area contributed by atoms with Crippen molar-refractivity contribution in [3.05, 3.63) is 24.2 Å². The van der Waals surface area contributed by atoms with Crippen LogP contribution < -0.4 is 10.2 Å². The smallest absolute Gasteiger partial charge is 0.258 e. The zero-order valence-electron chi connectivity index (χ0n) is 11.1. The molecule has 0 amide bonds. The van der Waals surface area contributed by atoms with E-state index in [-0.39, 0.29) is 24.8 Å². The molecule has 1 aliphatic rings. The summed E-state index contributed by atoms with van der Waals surface area (Å²) in [4.78, 5) is 10.9. The van der Waals surface area contributed by atoms with Gasteiger partial charge in [-0.05, 0) is 19.1 Å². The second-order valence-corrected chi connectivity index (χ2v) is 4.29. The number of halogens is 2. The first-order valence-corrected chi connectivity index (χ1v) is 6.05. The molecule has 0 atom stereocenters. The minimum Gasteiger partial charge on any atom is -0.354 e. The minimum atomic E-state index is 0. The Morgan fingerprint density at radius 1 is 1.25 bits per heavy atom. The number of rotatable bonds is 2. The third-order valence-electron chi connectivity index (χ3n) is 2.96. The number of aryl methyl sites for hydroxylation is 1. The molecular formula is C12H17Cl2N5O. The quantitative estimate of drug-likeness (QED) is 0.909. The number of piperazine rings is 1. The Morgan fingerprint density at radius 3 is 2.65 bits per heavy atom. The largest absolute Gasteiger partial charge is 0.354 e. The third-order valence-corrected chi connectivity index (χ3v) is 2.96. The van der Waals surface area contributed by atoms with Crippen LogP contribution in [0.4, 0.5) is 5.82 Å². The number of nitrogens with zero attached hydrogens (tertiary/aromatic N) is 4. The van der Waals surface area contributed by atoms with Crippen LogP contribution in [0.5, 0.6) is 0 Å². The molecule has 0 bridgehead atoms. The van der Waals surface area contributed by atoms with E-state index in [4.69, 9.17) is 4.52 Å². The van der Waals surface area contributed by atoms with Gasteiger partial charge in [0.1, 0.15) is 5.82 Å². The maximum atomic E-state index is 5.17. The van der Waals surface area contributed by atoms with E-state index in [0.29, 0.717) is 11.7 Å². The SMILES string of the molecule is Cc1noc(-c2ccnc(N3CCNCC3)c2)n1.Cl.Cl. The Kier molecular flexibility index (Phi) is 6.19. The summed E-state index contributed by atoms with van der Waals surface area (Å²) >= 11 is 0. The van der Waals surface area contributed by atoms with E-state index in [2.05, 4.69) is 25.3 Å². The van der Waals surface area contributed by atoms with Gasteiger partial charge in [-0.2, -0.15) is 4.98 Å². The van der Waals surface area contributed by atoms with Crippen molar-refractivity contribution in [2.24, 2.45) is 0 Å². The summed E-state index contributed by atoms with van der Waals surface area (Å²) in [7, 11) is 0. The first-order chi connectivity index (χ1) is 8.83. The molecule has 6 nitrogen and oxygen atoms in total. The van der Waals surface area contributed by atoms with E-state index < -0.39 is 0 Å². The van der Waals surface area contributed by atoms with Crippen molar-refractivity contribution >= 4 is 30.6 Å². The number of hydrogen-bond acceptors (Lipinski definition) is 6. The topological polar surface area (TPSA) is 67.1 Å². The molecule has 0 unspecified atom stereocenters. The lowest BCUT2D eigenvalue weighted by molar-refractivity contribution is 0.425. The highest BCUT2D eigenvalue weighted by Crippen LogP contribution is 2.21. The molecule has 2 aromatic rings. The second kappa shape index (κ2) is 7.42. The normalized spacial score (nSPS) is 14.3. The predicted molar refractivity (Wildman–Crippen MR) is 81.8 cm³/mol. The highest BCUT2D eigenvalue weighted by molar-refractivity contribution is 5.85. The Morgan fingerprint density at radius 2 is 2.00 bits per heavy atom. The Hall–Kier alpha value is -1.37. The number of aromatic nitrogens is 3. The second-order valence-electron chi connectivity index (χ2n) is 4.29. The summed E-state index contributed by atoms with van der Waals surface area (Å²) in [5.41, 5.74) is 0.916. The van der Waals surface area contributed by atoms with Crippen LogP contribution in [0.15, 0.2) is 22.9 Å². The van der Waals surface area contributed by atoms with E-state index in [1.54, 1.807) is 6.20 Å². The molecule has 1 fully saturated rings. The number of anilines is 1. The predicted octanol–water partition coefficient (Wildman–Crippen LogP) is 1.69. The van der Waals surface area contributed by atoms with Crippen LogP contribution >= 0.6 is 24.8 Å². The van der Waals surface area contributed by atoms with Crippen LogP contribution in [0.25, 0.3) is 11.5 Å². The van der Waals surface area contributed by atoms with Crippen molar-refractivity contribution < 1.29 is 4.52 Å². The fourth-order valence-electron chi connectivity index (χ4n) is 2.03. The first kappa shape index (κ1) is 16.7. The Balaban J connectivity index is 0.000001000. The van der Waals surface area contributed by atoms with Gasteiger partial charge in [-0.25, -0.2) is 4.98 Å². The molecule has 3 heterocycles. The third kappa shape index (κ3) is 3.59. The van der Waals surface area contributed by atoms with Gasteiger partial charge in [-0.15, -0.1) is 24.8 Å². The zero-order valence-corrected chi connectivity index (χ0v) is 12.7. The Bertz CT molecular complexity index is 542. The van der Waals surface area contributed by atoms with E-state index in [1.165, 1.54) is 0 Å². The molecule has 2 aromatic heterocycles. The summed E-state index contributed by atoms with van der Waals surface area (Å²) in [5.74, 6) is 2.15. The molecule has 3 rings (SSSR count). The first-order valence-electron chi connectivity index (χ1n) is 6.05. The van der Waals surface area contributed by atoms with Crippen molar-refractivity contribution in [3.8, 4) is 11.5 Å². The molecule has 0 aromatic carbocycles. The van der Waals surface area contributed by atoms with Crippen molar-refractivity contribution in [1.29, 1.82) is 0 Å². The molecule has 20 heavy (non-hydrogen) atoms. The lowest BCUT2D eigenvalue weighted by Crippen LogP contribution is -2.43. The maximum absolute atomic E-state index is 5.17. The fraction of sp³-hybridized carbons (Fsp3) is 0.417. The monoisotopic (exact) mass is 317 g/mol. The van der Waals surface area contributed by atoms with Crippen LogP contribution in [-0.4, -0.2) is 41.3 Å². The summed E-state index contributed by atoms with van der Waals surface area (Å²) in [5, 5.41) is 7.13. The summed E-state index contributed by atoms with van der Waals surface area (Å²) in [6.07, 6.45) is 1.78. The molecule has 0 saturated carbocycles. The van der Waals surface area contributed by atoms with Gasteiger partial charge in [0, 0.05) is 37.9 Å². The van der Waals surface area contributed by atoms with Crippen LogP contribution in [0.2, 0.25) is 0 Å². The standard InChI is InChI=1S/C12H15N5O.2ClH/c1-9-15-12(18-16-9)10-2-3-14-11(8-10)17-6-4-13-5-7-17;;/h2-3,8,13H,4-7H2,1H3;2*1H. The lowest BCUT2D eigenvalue weighted by Gasteiger charge is -2.28. The molecule has 1 saturated heterocycles. The van der Waals surface area contributed by atoms with E-state index in [9.17, 15) is 0 Å². The average molecular weight is 318 g/mol. The van der Waals surface area contributed by atoms with Gasteiger partial charge < -0.3 is 14.7 Å². The van der Waals surface area contributed by atoms with Crippen molar-refractivity contribution in [3.63, 3.8) is 0 Å². The number of nitrogens with one attached hydrogen (secondary N) is 1. The van der Waals surface area contributed by atoms with Crippen molar-refractivity contribution in [2.45, 2.75) is 6.92 Å². The summed E-state index contributed by atoms with van der Waals surface area (Å²) < 4.78 is 5.17. The molecule has 110 valence electrons. The number of hydrogen-bond donors (Lipinski definition) is 1. The molecule has 8 heteroatoms. The van der Waals surface area contributed by atoms with Gasteiger partial charge in [-0.3, -0.25) is 0 Å². The molecule has 1 aliphatic heterocycles. The van der Waals surface area contributed by atoms with Crippen LogP contribution in [-0.2, 0) is 0 Å². The summed E-state index contributed by atoms with van der Waals surface area (Å²) in [6, 6.07) is 3.89. The highest BCUT2D eigenvalue weighted by Gasteiger charge is 2.13. The average Bonchev–Trinajstić information content (AvgIpc) is 2.87. The van der Waals surface area contributed by atoms with Gasteiger partial charge in [0.15, 0.2) is 5.82 Å². The van der Waals surface area contributed by atoms with Crippen molar-refractivity contribution in [2.75, 3.05) is 31.1 Å². The zero-order chi connectivity index (χ0) is 12.4.